The first-order valence-corrected chi connectivity index (χ1v) is 9.78. The zero-order valence-electron chi connectivity index (χ0n) is 14.3. The van der Waals surface area contributed by atoms with E-state index in [1.807, 2.05) is 25.1 Å². The van der Waals surface area contributed by atoms with Crippen molar-refractivity contribution in [2.75, 3.05) is 18.1 Å². The molecule has 0 bridgehead atoms. The Kier molecular flexibility index (Phi) is 5.79. The average Bonchev–Trinajstić information content (AvgIpc) is 3.21. The number of thioether (sulfide) groups is 1. The number of hydrogen-bond acceptors (Lipinski definition) is 4. The molecular formula is C18H25N3O2S. The second kappa shape index (κ2) is 8.03. The van der Waals surface area contributed by atoms with E-state index in [9.17, 15) is 4.79 Å². The van der Waals surface area contributed by atoms with Crippen molar-refractivity contribution in [1.29, 1.82) is 0 Å². The fraction of sp³-hybridized carbons (Fsp3) is 0.556. The number of nitrogens with one attached hydrogen (secondary N) is 1. The maximum absolute atomic E-state index is 12.2. The van der Waals surface area contributed by atoms with Crippen molar-refractivity contribution < 1.29 is 9.53 Å². The van der Waals surface area contributed by atoms with Gasteiger partial charge in [-0.2, -0.15) is 0 Å². The van der Waals surface area contributed by atoms with Crippen LogP contribution in [0.2, 0.25) is 0 Å². The van der Waals surface area contributed by atoms with E-state index in [1.54, 1.807) is 11.8 Å². The third-order valence-corrected chi connectivity index (χ3v) is 5.40. The van der Waals surface area contributed by atoms with Gasteiger partial charge in [0, 0.05) is 18.9 Å². The molecule has 1 amide bonds. The Bertz CT molecular complexity index is 695. The van der Waals surface area contributed by atoms with E-state index in [4.69, 9.17) is 9.72 Å². The second-order valence-corrected chi connectivity index (χ2v) is 7.17. The fourth-order valence-electron chi connectivity index (χ4n) is 3.16. The van der Waals surface area contributed by atoms with Gasteiger partial charge >= 0.3 is 0 Å². The summed E-state index contributed by atoms with van der Waals surface area (Å²) in [7, 11) is 0. The molecule has 1 aromatic carbocycles. The highest BCUT2D eigenvalue weighted by Gasteiger charge is 2.19. The maximum Gasteiger partial charge on any atom is 0.230 e. The second-order valence-electron chi connectivity index (χ2n) is 6.14. The number of amides is 1. The molecule has 1 fully saturated rings. The summed E-state index contributed by atoms with van der Waals surface area (Å²) in [5.41, 5.74) is 2.09. The first-order valence-electron chi connectivity index (χ1n) is 8.63. The number of aromatic nitrogens is 2. The monoisotopic (exact) mass is 347 g/mol. The Balaban J connectivity index is 1.57. The predicted octanol–water partition coefficient (Wildman–Crippen LogP) is 3.15. The van der Waals surface area contributed by atoms with Crippen LogP contribution in [0.1, 0.15) is 38.6 Å². The van der Waals surface area contributed by atoms with E-state index in [2.05, 4.69) is 22.9 Å². The minimum atomic E-state index is -0.104. The molecule has 2 heterocycles. The topological polar surface area (TPSA) is 56.2 Å². The summed E-state index contributed by atoms with van der Waals surface area (Å²) in [5, 5.41) is 3.07. The zero-order valence-corrected chi connectivity index (χ0v) is 15.1. The van der Waals surface area contributed by atoms with E-state index in [-0.39, 0.29) is 11.9 Å². The molecule has 3 rings (SSSR count). The molecule has 6 heteroatoms. The largest absolute Gasteiger partial charge is 0.377 e. The summed E-state index contributed by atoms with van der Waals surface area (Å²) >= 11 is 1.65. The molecule has 0 radical (unpaired) electrons. The van der Waals surface area contributed by atoms with Gasteiger partial charge in [0.05, 0.1) is 28.9 Å². The standard InChI is InChI=1S/C18H25N3O2S/c1-3-21-16-9-5-4-8-15(16)20-18(21)13(2)19-17(22)12-24-11-14-7-6-10-23-14/h4-5,8-9,13-14H,3,6-7,10-12H2,1-2H3,(H,19,22)/t13-,14+/m1/s1. The number of aryl methyl sites for hydroxylation is 1. The van der Waals surface area contributed by atoms with E-state index < -0.39 is 0 Å². The number of hydrogen-bond donors (Lipinski definition) is 1. The quantitative estimate of drug-likeness (QED) is 0.836. The molecular weight excluding hydrogens is 322 g/mol. The molecule has 5 nitrogen and oxygen atoms in total. The molecule has 1 saturated heterocycles. The minimum Gasteiger partial charge on any atom is -0.377 e. The molecule has 24 heavy (non-hydrogen) atoms. The van der Waals surface area contributed by atoms with Crippen LogP contribution in [0.3, 0.4) is 0 Å². The number of fused-ring (bicyclic) bond motifs is 1. The smallest absolute Gasteiger partial charge is 0.230 e. The van der Waals surface area contributed by atoms with Gasteiger partial charge in [-0.15, -0.1) is 11.8 Å². The fourth-order valence-corrected chi connectivity index (χ4v) is 4.08. The molecule has 1 aliphatic rings. The summed E-state index contributed by atoms with van der Waals surface area (Å²) in [6.45, 7) is 5.80. The molecule has 2 atom stereocenters. The molecule has 0 saturated carbocycles. The molecule has 2 aromatic rings. The van der Waals surface area contributed by atoms with E-state index in [1.165, 1.54) is 0 Å². The highest BCUT2D eigenvalue weighted by atomic mass is 32.2. The number of ether oxygens (including phenoxy) is 1. The Labute approximate surface area is 147 Å². The zero-order chi connectivity index (χ0) is 16.9. The molecule has 0 aliphatic carbocycles. The average molecular weight is 347 g/mol. The number of imidazole rings is 1. The molecule has 1 N–H and O–H groups in total. The van der Waals surface area contributed by atoms with Gasteiger partial charge < -0.3 is 14.6 Å². The van der Waals surface area contributed by atoms with Gasteiger partial charge in [0.2, 0.25) is 5.91 Å². The van der Waals surface area contributed by atoms with Crippen molar-refractivity contribution in [3.05, 3.63) is 30.1 Å². The Morgan fingerprint density at radius 3 is 3.08 bits per heavy atom. The lowest BCUT2D eigenvalue weighted by Gasteiger charge is -2.15. The number of benzene rings is 1. The predicted molar refractivity (Wildman–Crippen MR) is 98.3 cm³/mol. The van der Waals surface area contributed by atoms with Crippen LogP contribution in [0.4, 0.5) is 0 Å². The van der Waals surface area contributed by atoms with Crippen LogP contribution in [0.5, 0.6) is 0 Å². The number of carbonyl (C=O) groups is 1. The first-order chi connectivity index (χ1) is 11.7. The summed E-state index contributed by atoms with van der Waals surface area (Å²) in [5.74, 6) is 2.34. The van der Waals surface area contributed by atoms with Crippen molar-refractivity contribution in [3.8, 4) is 0 Å². The molecule has 130 valence electrons. The van der Waals surface area contributed by atoms with Crippen LogP contribution in [0, 0.1) is 0 Å². The summed E-state index contributed by atoms with van der Waals surface area (Å²) in [6.07, 6.45) is 2.58. The number of carbonyl (C=O) groups excluding carboxylic acids is 1. The lowest BCUT2D eigenvalue weighted by Crippen LogP contribution is -2.30. The van der Waals surface area contributed by atoms with Crippen molar-refractivity contribution in [1.82, 2.24) is 14.9 Å². The van der Waals surface area contributed by atoms with Crippen molar-refractivity contribution in [3.63, 3.8) is 0 Å². The van der Waals surface area contributed by atoms with Crippen LogP contribution >= 0.6 is 11.8 Å². The number of para-hydroxylation sites is 2. The van der Waals surface area contributed by atoms with Crippen LogP contribution in [-0.4, -0.2) is 39.7 Å². The highest BCUT2D eigenvalue weighted by Crippen LogP contribution is 2.21. The normalized spacial score (nSPS) is 18.8. The minimum absolute atomic E-state index is 0.0557. The summed E-state index contributed by atoms with van der Waals surface area (Å²) in [6, 6.07) is 7.99. The van der Waals surface area contributed by atoms with Gasteiger partial charge in [0.15, 0.2) is 0 Å². The third kappa shape index (κ3) is 3.92. The van der Waals surface area contributed by atoms with Crippen LogP contribution in [-0.2, 0) is 16.1 Å². The Morgan fingerprint density at radius 1 is 1.50 bits per heavy atom. The van der Waals surface area contributed by atoms with Crippen molar-refractivity contribution in [2.45, 2.75) is 45.4 Å². The molecule has 1 aliphatic heterocycles. The lowest BCUT2D eigenvalue weighted by atomic mass is 10.3. The van der Waals surface area contributed by atoms with Crippen LogP contribution in [0.15, 0.2) is 24.3 Å². The lowest BCUT2D eigenvalue weighted by molar-refractivity contribution is -0.119. The van der Waals surface area contributed by atoms with Crippen molar-refractivity contribution in [2.24, 2.45) is 0 Å². The van der Waals surface area contributed by atoms with E-state index in [0.717, 1.165) is 48.6 Å². The van der Waals surface area contributed by atoms with Gasteiger partial charge in [-0.25, -0.2) is 4.98 Å². The van der Waals surface area contributed by atoms with Gasteiger partial charge in [-0.3, -0.25) is 4.79 Å². The van der Waals surface area contributed by atoms with Crippen molar-refractivity contribution >= 4 is 28.7 Å². The molecule has 0 unspecified atom stereocenters. The highest BCUT2D eigenvalue weighted by molar-refractivity contribution is 7.99. The van der Waals surface area contributed by atoms with Gasteiger partial charge in [-0.1, -0.05) is 12.1 Å². The summed E-state index contributed by atoms with van der Waals surface area (Å²) in [4.78, 5) is 16.9. The SMILES string of the molecule is CCn1c([C@@H](C)NC(=O)CSC[C@@H]2CCCO2)nc2ccccc21. The maximum atomic E-state index is 12.2. The number of nitrogens with zero attached hydrogens (tertiary/aromatic N) is 2. The molecule has 0 spiro atoms. The Hall–Kier alpha value is -1.53. The van der Waals surface area contributed by atoms with E-state index in [0.29, 0.717) is 11.9 Å². The first kappa shape index (κ1) is 17.3. The Morgan fingerprint density at radius 2 is 2.33 bits per heavy atom. The molecule has 1 aromatic heterocycles. The third-order valence-electron chi connectivity index (χ3n) is 4.33. The van der Waals surface area contributed by atoms with Gasteiger partial charge in [0.25, 0.3) is 0 Å². The summed E-state index contributed by atoms with van der Waals surface area (Å²) < 4.78 is 7.75. The van der Waals surface area contributed by atoms with E-state index >= 15 is 0 Å². The van der Waals surface area contributed by atoms with Gasteiger partial charge in [0.1, 0.15) is 5.82 Å². The van der Waals surface area contributed by atoms with Gasteiger partial charge in [-0.05, 0) is 38.8 Å². The van der Waals surface area contributed by atoms with Crippen LogP contribution in [0.25, 0.3) is 11.0 Å². The number of rotatable bonds is 7. The van der Waals surface area contributed by atoms with Crippen LogP contribution < -0.4 is 5.32 Å².